The third-order valence-electron chi connectivity index (χ3n) is 2.64. The van der Waals surface area contributed by atoms with Crippen molar-refractivity contribution < 1.29 is 4.79 Å². The fraction of sp³-hybridized carbons (Fsp3) is 0.400. The van der Waals surface area contributed by atoms with Crippen LogP contribution in [0.5, 0.6) is 0 Å². The smallest absolute Gasteiger partial charge is 0.163 e. The molecule has 0 saturated carbocycles. The Morgan fingerprint density at radius 1 is 1.19 bits per heavy atom. The van der Waals surface area contributed by atoms with E-state index >= 15 is 0 Å². The van der Waals surface area contributed by atoms with E-state index in [2.05, 4.69) is 13.0 Å². The van der Waals surface area contributed by atoms with E-state index in [0.29, 0.717) is 12.2 Å². The molecule has 0 spiro atoms. The summed E-state index contributed by atoms with van der Waals surface area (Å²) in [6.07, 6.45) is 4.54. The van der Waals surface area contributed by atoms with Crippen molar-refractivity contribution in [3.05, 3.63) is 41.5 Å². The van der Waals surface area contributed by atoms with Crippen molar-refractivity contribution >= 4 is 11.4 Å². The summed E-state index contributed by atoms with van der Waals surface area (Å²) in [4.78, 5) is 11.7. The second-order valence-electron chi connectivity index (χ2n) is 3.61. The number of allylic oxidation sites excluding steroid dienone is 2. The molecule has 1 aliphatic rings. The molecule has 1 aliphatic carbocycles. The molecule has 1 aromatic carbocycles. The molecule has 1 nitrogen and oxygen atoms in total. The fourth-order valence-corrected chi connectivity index (χ4v) is 1.96. The molecule has 16 heavy (non-hydrogen) atoms. The third kappa shape index (κ3) is 2.60. The zero-order valence-corrected chi connectivity index (χ0v) is 10.4. The molecule has 0 aromatic heterocycles. The van der Waals surface area contributed by atoms with E-state index in [1.54, 1.807) is 0 Å². The Kier molecular flexibility index (Phi) is 4.97. The van der Waals surface area contributed by atoms with Crippen LogP contribution >= 0.6 is 0 Å². The monoisotopic (exact) mass is 216 g/mol. The molecule has 0 fully saturated rings. The quantitative estimate of drug-likeness (QED) is 0.648. The summed E-state index contributed by atoms with van der Waals surface area (Å²) < 4.78 is 0. The molecule has 0 atom stereocenters. The van der Waals surface area contributed by atoms with Crippen molar-refractivity contribution in [3.8, 4) is 0 Å². The summed E-state index contributed by atoms with van der Waals surface area (Å²) >= 11 is 0. The molecule has 2 rings (SSSR count). The van der Waals surface area contributed by atoms with E-state index in [-0.39, 0.29) is 0 Å². The summed E-state index contributed by atoms with van der Waals surface area (Å²) in [6.45, 7) is 6.07. The van der Waals surface area contributed by atoms with Gasteiger partial charge in [-0.2, -0.15) is 0 Å². The van der Waals surface area contributed by atoms with Gasteiger partial charge in [0, 0.05) is 12.0 Å². The number of Topliss-reactive ketones (excluding diaryl/α,β-unsaturated/α-hetero) is 1. The van der Waals surface area contributed by atoms with Crippen LogP contribution in [0.25, 0.3) is 5.57 Å². The molecule has 0 unspecified atom stereocenters. The molecular weight excluding hydrogens is 196 g/mol. The summed E-state index contributed by atoms with van der Waals surface area (Å²) in [5, 5.41) is 0. The first kappa shape index (κ1) is 12.7. The lowest BCUT2D eigenvalue weighted by atomic mass is 9.86. The SMILES string of the molecule is CC.CCC=C1C(=O)CCc2ccccc21. The number of aryl methyl sites for hydroxylation is 1. The Hall–Kier alpha value is -1.37. The lowest BCUT2D eigenvalue weighted by Crippen LogP contribution is -2.12. The van der Waals surface area contributed by atoms with Crippen LogP contribution in [0.4, 0.5) is 0 Å². The maximum atomic E-state index is 11.7. The topological polar surface area (TPSA) is 17.1 Å². The van der Waals surface area contributed by atoms with Gasteiger partial charge < -0.3 is 0 Å². The molecule has 0 bridgehead atoms. The maximum absolute atomic E-state index is 11.7. The van der Waals surface area contributed by atoms with Crippen LogP contribution in [0, 0.1) is 0 Å². The molecule has 0 saturated heterocycles. The average molecular weight is 216 g/mol. The molecule has 0 heterocycles. The number of fused-ring (bicyclic) bond motifs is 1. The van der Waals surface area contributed by atoms with Crippen LogP contribution in [0.1, 0.15) is 44.7 Å². The third-order valence-corrected chi connectivity index (χ3v) is 2.64. The van der Waals surface area contributed by atoms with Crippen LogP contribution in [-0.2, 0) is 11.2 Å². The molecule has 0 amide bonds. The number of benzene rings is 1. The first-order valence-corrected chi connectivity index (χ1v) is 6.14. The van der Waals surface area contributed by atoms with Crippen molar-refractivity contribution in [1.82, 2.24) is 0 Å². The van der Waals surface area contributed by atoms with Crippen molar-refractivity contribution in [2.24, 2.45) is 0 Å². The van der Waals surface area contributed by atoms with E-state index in [1.165, 1.54) is 5.56 Å². The van der Waals surface area contributed by atoms with Gasteiger partial charge in [-0.1, -0.05) is 51.1 Å². The second kappa shape index (κ2) is 6.26. The van der Waals surface area contributed by atoms with Gasteiger partial charge in [0.15, 0.2) is 5.78 Å². The molecule has 86 valence electrons. The highest BCUT2D eigenvalue weighted by Crippen LogP contribution is 2.28. The fourth-order valence-electron chi connectivity index (χ4n) is 1.96. The van der Waals surface area contributed by atoms with Crippen LogP contribution in [0.15, 0.2) is 30.3 Å². The van der Waals surface area contributed by atoms with E-state index in [9.17, 15) is 4.79 Å². The molecule has 0 N–H and O–H groups in total. The zero-order valence-electron chi connectivity index (χ0n) is 10.4. The first-order valence-electron chi connectivity index (χ1n) is 6.14. The number of hydrogen-bond donors (Lipinski definition) is 0. The van der Waals surface area contributed by atoms with E-state index in [0.717, 1.165) is 24.0 Å². The Balaban J connectivity index is 0.000000606. The van der Waals surface area contributed by atoms with Gasteiger partial charge >= 0.3 is 0 Å². The molecule has 0 radical (unpaired) electrons. The summed E-state index contributed by atoms with van der Waals surface area (Å²) in [7, 11) is 0. The van der Waals surface area contributed by atoms with Gasteiger partial charge in [-0.3, -0.25) is 4.79 Å². The predicted octanol–water partition coefficient (Wildman–Crippen LogP) is 4.02. The number of rotatable bonds is 1. The van der Waals surface area contributed by atoms with Crippen LogP contribution in [0.2, 0.25) is 0 Å². The van der Waals surface area contributed by atoms with Crippen molar-refractivity contribution in [2.75, 3.05) is 0 Å². The normalized spacial score (nSPS) is 16.4. The van der Waals surface area contributed by atoms with E-state index < -0.39 is 0 Å². The van der Waals surface area contributed by atoms with Gasteiger partial charge in [0.2, 0.25) is 0 Å². The number of carbonyl (C=O) groups excluding carboxylic acids is 1. The number of ketones is 1. The Morgan fingerprint density at radius 3 is 2.56 bits per heavy atom. The van der Waals surface area contributed by atoms with Crippen LogP contribution in [0.3, 0.4) is 0 Å². The van der Waals surface area contributed by atoms with E-state index in [1.807, 2.05) is 38.1 Å². The Bertz CT molecular complexity index is 388. The average Bonchev–Trinajstić information content (AvgIpc) is 2.35. The summed E-state index contributed by atoms with van der Waals surface area (Å²) in [6, 6.07) is 8.21. The highest BCUT2D eigenvalue weighted by atomic mass is 16.1. The lowest BCUT2D eigenvalue weighted by Gasteiger charge is -2.17. The van der Waals surface area contributed by atoms with Crippen molar-refractivity contribution in [2.45, 2.75) is 40.0 Å². The highest BCUT2D eigenvalue weighted by Gasteiger charge is 2.19. The van der Waals surface area contributed by atoms with Gasteiger partial charge in [0.05, 0.1) is 0 Å². The van der Waals surface area contributed by atoms with E-state index in [4.69, 9.17) is 0 Å². The molecule has 0 aliphatic heterocycles. The Morgan fingerprint density at radius 2 is 1.88 bits per heavy atom. The molecule has 1 heteroatoms. The minimum absolute atomic E-state index is 0.297. The zero-order chi connectivity index (χ0) is 12.0. The predicted molar refractivity (Wildman–Crippen MR) is 69.4 cm³/mol. The molecular formula is C15H20O. The minimum Gasteiger partial charge on any atom is -0.294 e. The second-order valence-corrected chi connectivity index (χ2v) is 3.61. The lowest BCUT2D eigenvalue weighted by molar-refractivity contribution is -0.113. The molecule has 1 aromatic rings. The largest absolute Gasteiger partial charge is 0.294 e. The first-order chi connectivity index (χ1) is 7.83. The van der Waals surface area contributed by atoms with Crippen molar-refractivity contribution in [1.29, 1.82) is 0 Å². The summed E-state index contributed by atoms with van der Waals surface area (Å²) in [5.74, 6) is 0.297. The van der Waals surface area contributed by atoms with Gasteiger partial charge in [-0.05, 0) is 24.0 Å². The maximum Gasteiger partial charge on any atom is 0.163 e. The van der Waals surface area contributed by atoms with Gasteiger partial charge in [-0.25, -0.2) is 0 Å². The minimum atomic E-state index is 0.297. The van der Waals surface area contributed by atoms with Gasteiger partial charge in [0.1, 0.15) is 0 Å². The van der Waals surface area contributed by atoms with Gasteiger partial charge in [-0.15, -0.1) is 0 Å². The highest BCUT2D eigenvalue weighted by molar-refractivity contribution is 6.22. The standard InChI is InChI=1S/C13H14O.C2H6/c1-2-5-12-11-7-4-3-6-10(11)8-9-13(12)14;1-2/h3-7H,2,8-9H2,1H3;1-2H3. The van der Waals surface area contributed by atoms with Crippen LogP contribution < -0.4 is 0 Å². The number of carbonyl (C=O) groups is 1. The Labute approximate surface area is 98.2 Å². The van der Waals surface area contributed by atoms with Gasteiger partial charge in [0.25, 0.3) is 0 Å². The van der Waals surface area contributed by atoms with Crippen molar-refractivity contribution in [3.63, 3.8) is 0 Å². The summed E-state index contributed by atoms with van der Waals surface area (Å²) in [5.41, 5.74) is 3.38. The van der Waals surface area contributed by atoms with Crippen LogP contribution in [-0.4, -0.2) is 5.78 Å². The number of hydrogen-bond acceptors (Lipinski definition) is 1.